The molecule has 1 fully saturated rings. The number of allylic oxidation sites excluding steroid dienone is 2. The van der Waals surface area contributed by atoms with Crippen LogP contribution in [-0.2, 0) is 4.79 Å². The van der Waals surface area contributed by atoms with Crippen molar-refractivity contribution in [1.82, 2.24) is 0 Å². The van der Waals surface area contributed by atoms with Crippen LogP contribution >= 0.6 is 0 Å². The maximum absolute atomic E-state index is 16.6. The molecule has 4 aliphatic rings. The number of hydrogen-bond donors (Lipinski definition) is 2. The Morgan fingerprint density at radius 1 is 1.17 bits per heavy atom. The van der Waals surface area contributed by atoms with Gasteiger partial charge < -0.3 is 10.2 Å². The Kier molecular flexibility index (Phi) is 3.29. The van der Waals surface area contributed by atoms with E-state index in [4.69, 9.17) is 0 Å². The fraction of sp³-hybridized carbons (Fsp3) is 0.750. The molecule has 2 N–H and O–H groups in total. The summed E-state index contributed by atoms with van der Waals surface area (Å²) in [5.41, 5.74) is 0.0685. The first kappa shape index (κ1) is 16.5. The van der Waals surface area contributed by atoms with Crippen LogP contribution in [0, 0.1) is 16.7 Å². The fourth-order valence-corrected chi connectivity index (χ4v) is 6.02. The predicted octanol–water partition coefficient (Wildman–Crippen LogP) is 3.25. The Balaban J connectivity index is 1.89. The highest BCUT2D eigenvalue weighted by atomic mass is 19.1. The molecular weight excluding hydrogens is 307 g/mol. The molecule has 0 heterocycles. The maximum atomic E-state index is 16.6. The molecule has 0 unspecified atom stereocenters. The average molecular weight is 334 g/mol. The van der Waals surface area contributed by atoms with Crippen molar-refractivity contribution in [3.8, 4) is 0 Å². The number of halogens is 1. The number of ketones is 1. The second-order valence-electron chi connectivity index (χ2n) is 9.08. The minimum absolute atomic E-state index is 0.00213. The molecule has 0 amide bonds. The maximum Gasteiger partial charge on any atom is 0.155 e. The second kappa shape index (κ2) is 4.79. The zero-order valence-corrected chi connectivity index (χ0v) is 14.7. The number of rotatable bonds is 0. The molecule has 0 aromatic heterocycles. The monoisotopic (exact) mass is 334 g/mol. The summed E-state index contributed by atoms with van der Waals surface area (Å²) in [4.78, 5) is 11.8. The van der Waals surface area contributed by atoms with Gasteiger partial charge in [0.15, 0.2) is 11.5 Å². The second-order valence-corrected chi connectivity index (χ2v) is 9.08. The largest absolute Gasteiger partial charge is 0.389 e. The zero-order chi connectivity index (χ0) is 17.5. The van der Waals surface area contributed by atoms with Crippen LogP contribution in [0.15, 0.2) is 22.8 Å². The molecule has 4 aliphatic carbocycles. The Morgan fingerprint density at radius 2 is 1.88 bits per heavy atom. The van der Waals surface area contributed by atoms with Gasteiger partial charge in [-0.1, -0.05) is 31.9 Å². The molecule has 24 heavy (non-hydrogen) atoms. The first-order valence-electron chi connectivity index (χ1n) is 9.13. The van der Waals surface area contributed by atoms with Gasteiger partial charge in [0.25, 0.3) is 0 Å². The van der Waals surface area contributed by atoms with Gasteiger partial charge in [0, 0.05) is 17.8 Å². The van der Waals surface area contributed by atoms with E-state index in [0.717, 1.165) is 18.4 Å². The Bertz CT molecular complexity index is 676. The van der Waals surface area contributed by atoms with Crippen LogP contribution in [0.4, 0.5) is 4.39 Å². The van der Waals surface area contributed by atoms with Crippen LogP contribution in [0.5, 0.6) is 0 Å². The first-order chi connectivity index (χ1) is 11.1. The van der Waals surface area contributed by atoms with Crippen molar-refractivity contribution >= 4 is 5.78 Å². The third kappa shape index (κ3) is 1.82. The number of fused-ring (bicyclic) bond motifs is 4. The SMILES string of the molecule is CC1(C)CCC2=C1C[C@H](O)[C@@]1(F)[C@H]2C[C@@H](O)C2=CC(=O)CC[C@@]21C. The standard InChI is InChI=1S/C20H27FO3/c1-18(2)6-5-12-13(18)10-17(24)20(21)14(12)9-16(23)15-8-11(22)4-7-19(15,20)3/h8,14,16-17,23-24H,4-7,9-10H2,1-3H3/t14-,16+,17-,19-,20-/m0/s1. The summed E-state index contributed by atoms with van der Waals surface area (Å²) in [7, 11) is 0. The minimum atomic E-state index is -1.79. The van der Waals surface area contributed by atoms with Gasteiger partial charge in [0.1, 0.15) is 0 Å². The Labute approximate surface area is 142 Å². The summed E-state index contributed by atoms with van der Waals surface area (Å²) in [5, 5.41) is 21.6. The minimum Gasteiger partial charge on any atom is -0.389 e. The summed E-state index contributed by atoms with van der Waals surface area (Å²) in [6.07, 6.45) is 2.71. The normalized spacial score (nSPS) is 47.0. The zero-order valence-electron chi connectivity index (χ0n) is 14.7. The van der Waals surface area contributed by atoms with E-state index < -0.39 is 29.2 Å². The van der Waals surface area contributed by atoms with Gasteiger partial charge in [0.2, 0.25) is 0 Å². The smallest absolute Gasteiger partial charge is 0.155 e. The predicted molar refractivity (Wildman–Crippen MR) is 89.0 cm³/mol. The number of hydrogen-bond acceptors (Lipinski definition) is 3. The summed E-state index contributed by atoms with van der Waals surface area (Å²) < 4.78 is 16.6. The van der Waals surface area contributed by atoms with Gasteiger partial charge in [-0.2, -0.15) is 0 Å². The molecule has 0 spiro atoms. The van der Waals surface area contributed by atoms with E-state index in [1.807, 2.05) is 0 Å². The number of alkyl halides is 1. The van der Waals surface area contributed by atoms with Crippen LogP contribution in [0.3, 0.4) is 0 Å². The van der Waals surface area contributed by atoms with E-state index in [1.165, 1.54) is 11.6 Å². The highest BCUT2D eigenvalue weighted by molar-refractivity contribution is 5.92. The molecule has 3 nitrogen and oxygen atoms in total. The van der Waals surface area contributed by atoms with Crippen LogP contribution < -0.4 is 0 Å². The van der Waals surface area contributed by atoms with Crippen molar-refractivity contribution in [2.45, 2.75) is 77.2 Å². The Morgan fingerprint density at radius 3 is 2.58 bits per heavy atom. The van der Waals surface area contributed by atoms with E-state index in [9.17, 15) is 15.0 Å². The lowest BCUT2D eigenvalue weighted by Gasteiger charge is -2.59. The third-order valence-corrected chi connectivity index (χ3v) is 7.52. The number of aliphatic hydroxyl groups is 2. The van der Waals surface area contributed by atoms with E-state index in [0.29, 0.717) is 18.4 Å². The van der Waals surface area contributed by atoms with E-state index >= 15 is 4.39 Å². The van der Waals surface area contributed by atoms with Crippen LogP contribution in [0.25, 0.3) is 0 Å². The molecule has 4 rings (SSSR count). The van der Waals surface area contributed by atoms with Crippen LogP contribution in [0.1, 0.15) is 59.3 Å². The fourth-order valence-electron chi connectivity index (χ4n) is 6.02. The van der Waals surface area contributed by atoms with Crippen LogP contribution in [0.2, 0.25) is 0 Å². The lowest BCUT2D eigenvalue weighted by Crippen LogP contribution is -2.65. The number of carbonyl (C=O) groups is 1. The molecule has 0 aromatic carbocycles. The molecule has 0 bridgehead atoms. The molecule has 0 radical (unpaired) electrons. The molecular formula is C20H27FO3. The van der Waals surface area contributed by atoms with Crippen molar-refractivity contribution in [2.75, 3.05) is 0 Å². The summed E-state index contributed by atoms with van der Waals surface area (Å²) in [6, 6.07) is 0. The highest BCUT2D eigenvalue weighted by Gasteiger charge is 2.67. The van der Waals surface area contributed by atoms with Crippen molar-refractivity contribution in [2.24, 2.45) is 16.7 Å². The summed E-state index contributed by atoms with van der Waals surface area (Å²) in [5.74, 6) is -0.487. The molecule has 0 aliphatic heterocycles. The molecule has 0 saturated heterocycles. The van der Waals surface area contributed by atoms with Crippen molar-refractivity contribution < 1.29 is 19.4 Å². The van der Waals surface area contributed by atoms with Crippen LogP contribution in [-0.4, -0.2) is 33.9 Å². The Hall–Kier alpha value is -1.00. The highest BCUT2D eigenvalue weighted by Crippen LogP contribution is 2.65. The van der Waals surface area contributed by atoms with Crippen molar-refractivity contribution in [3.05, 3.63) is 22.8 Å². The first-order valence-corrected chi connectivity index (χ1v) is 9.13. The van der Waals surface area contributed by atoms with Crippen molar-refractivity contribution in [3.63, 3.8) is 0 Å². The van der Waals surface area contributed by atoms with Gasteiger partial charge in [-0.15, -0.1) is 0 Å². The van der Waals surface area contributed by atoms with Gasteiger partial charge in [-0.25, -0.2) is 4.39 Å². The van der Waals surface area contributed by atoms with E-state index in [1.54, 1.807) is 6.92 Å². The van der Waals surface area contributed by atoms with Crippen molar-refractivity contribution in [1.29, 1.82) is 0 Å². The average Bonchev–Trinajstić information content (AvgIpc) is 2.80. The molecule has 1 saturated carbocycles. The van der Waals surface area contributed by atoms with Gasteiger partial charge in [-0.05, 0) is 49.2 Å². The third-order valence-electron chi connectivity index (χ3n) is 7.52. The molecule has 0 aromatic rings. The summed E-state index contributed by atoms with van der Waals surface area (Å²) >= 11 is 0. The quantitative estimate of drug-likeness (QED) is 0.669. The molecule has 5 atom stereocenters. The number of carbonyl (C=O) groups excluding carboxylic acids is 1. The van der Waals surface area contributed by atoms with Gasteiger partial charge in [0.05, 0.1) is 12.2 Å². The van der Waals surface area contributed by atoms with Gasteiger partial charge in [-0.3, -0.25) is 4.79 Å². The number of aliphatic hydroxyl groups excluding tert-OH is 2. The van der Waals surface area contributed by atoms with Gasteiger partial charge >= 0.3 is 0 Å². The summed E-state index contributed by atoms with van der Waals surface area (Å²) in [6.45, 7) is 6.13. The lowest BCUT2D eigenvalue weighted by atomic mass is 9.48. The molecule has 132 valence electrons. The van der Waals surface area contributed by atoms with E-state index in [-0.39, 0.29) is 24.0 Å². The molecule has 4 heteroatoms. The topological polar surface area (TPSA) is 57.5 Å². The van der Waals surface area contributed by atoms with E-state index in [2.05, 4.69) is 13.8 Å². The lowest BCUT2D eigenvalue weighted by molar-refractivity contribution is -0.154.